The molecule has 0 spiro atoms. The van der Waals surface area contributed by atoms with E-state index in [1.165, 1.54) is 12.8 Å². The Morgan fingerprint density at radius 1 is 1.38 bits per heavy atom. The van der Waals surface area contributed by atoms with Crippen LogP contribution in [-0.4, -0.2) is 24.0 Å². The first-order chi connectivity index (χ1) is 10.3. The first-order valence-corrected chi connectivity index (χ1v) is 7.66. The van der Waals surface area contributed by atoms with Gasteiger partial charge in [-0.05, 0) is 50.4 Å². The standard InChI is InChI=1S/C17H21N3O/c21-17(7-6-13-3-2-9-18-11-13)20-16-5-1-4-14-12-19-10-8-15(14)16/h1,4-5,8,10,12-13,18H,2-3,6-7,9,11H2,(H,20,21). The Balaban J connectivity index is 1.61. The molecular weight excluding hydrogens is 262 g/mol. The number of anilines is 1. The van der Waals surface area contributed by atoms with Crippen LogP contribution in [0.25, 0.3) is 10.8 Å². The SMILES string of the molecule is O=C(CCC1CCCNC1)Nc1cccc2cnccc12. The van der Waals surface area contributed by atoms with Gasteiger partial charge in [-0.1, -0.05) is 12.1 Å². The van der Waals surface area contributed by atoms with Gasteiger partial charge >= 0.3 is 0 Å². The van der Waals surface area contributed by atoms with E-state index in [4.69, 9.17) is 0 Å². The van der Waals surface area contributed by atoms with Gasteiger partial charge in [-0.2, -0.15) is 0 Å². The summed E-state index contributed by atoms with van der Waals surface area (Å²) in [4.78, 5) is 16.3. The molecule has 4 heteroatoms. The van der Waals surface area contributed by atoms with Gasteiger partial charge < -0.3 is 10.6 Å². The lowest BCUT2D eigenvalue weighted by molar-refractivity contribution is -0.116. The molecule has 0 aliphatic carbocycles. The van der Waals surface area contributed by atoms with Gasteiger partial charge in [0.2, 0.25) is 5.91 Å². The molecule has 2 N–H and O–H groups in total. The lowest BCUT2D eigenvalue weighted by Crippen LogP contribution is -2.30. The number of carbonyl (C=O) groups excluding carboxylic acids is 1. The molecule has 1 aliphatic rings. The molecule has 110 valence electrons. The van der Waals surface area contributed by atoms with Crippen LogP contribution in [0, 0.1) is 5.92 Å². The molecule has 1 fully saturated rings. The molecule has 0 radical (unpaired) electrons. The van der Waals surface area contributed by atoms with Crippen LogP contribution in [0.5, 0.6) is 0 Å². The minimum atomic E-state index is 0.102. The highest BCUT2D eigenvalue weighted by Crippen LogP contribution is 2.23. The van der Waals surface area contributed by atoms with Gasteiger partial charge in [-0.15, -0.1) is 0 Å². The van der Waals surface area contributed by atoms with E-state index < -0.39 is 0 Å². The van der Waals surface area contributed by atoms with Crippen molar-refractivity contribution in [2.75, 3.05) is 18.4 Å². The number of pyridine rings is 1. The van der Waals surface area contributed by atoms with Crippen LogP contribution < -0.4 is 10.6 Å². The second-order valence-corrected chi connectivity index (χ2v) is 5.70. The summed E-state index contributed by atoms with van der Waals surface area (Å²) in [5, 5.41) is 8.52. The average molecular weight is 283 g/mol. The zero-order valence-electron chi connectivity index (χ0n) is 12.1. The monoisotopic (exact) mass is 283 g/mol. The van der Waals surface area contributed by atoms with Crippen molar-refractivity contribution < 1.29 is 4.79 Å². The molecule has 1 saturated heterocycles. The van der Waals surface area contributed by atoms with Crippen LogP contribution in [0.2, 0.25) is 0 Å². The fraction of sp³-hybridized carbons (Fsp3) is 0.412. The molecule has 3 rings (SSSR count). The van der Waals surface area contributed by atoms with Crippen molar-refractivity contribution in [2.45, 2.75) is 25.7 Å². The van der Waals surface area contributed by atoms with Crippen LogP contribution in [-0.2, 0) is 4.79 Å². The first kappa shape index (κ1) is 14.0. The first-order valence-electron chi connectivity index (χ1n) is 7.66. The number of fused-ring (bicyclic) bond motifs is 1. The molecule has 1 unspecified atom stereocenters. The third-order valence-corrected chi connectivity index (χ3v) is 4.13. The summed E-state index contributed by atoms with van der Waals surface area (Å²) in [5.41, 5.74) is 0.877. The maximum atomic E-state index is 12.2. The largest absolute Gasteiger partial charge is 0.326 e. The number of nitrogens with zero attached hydrogens (tertiary/aromatic N) is 1. The topological polar surface area (TPSA) is 54.0 Å². The van der Waals surface area contributed by atoms with E-state index in [1.807, 2.05) is 30.5 Å². The molecule has 0 saturated carbocycles. The number of nitrogens with one attached hydrogen (secondary N) is 2. The third-order valence-electron chi connectivity index (χ3n) is 4.13. The second-order valence-electron chi connectivity index (χ2n) is 5.70. The van der Waals surface area contributed by atoms with E-state index in [2.05, 4.69) is 15.6 Å². The van der Waals surface area contributed by atoms with E-state index >= 15 is 0 Å². The summed E-state index contributed by atoms with van der Waals surface area (Å²) in [6, 6.07) is 7.84. The average Bonchev–Trinajstić information content (AvgIpc) is 2.54. The number of piperidine rings is 1. The molecule has 1 atom stereocenters. The number of hydrogen-bond acceptors (Lipinski definition) is 3. The highest BCUT2D eigenvalue weighted by atomic mass is 16.1. The maximum Gasteiger partial charge on any atom is 0.224 e. The van der Waals surface area contributed by atoms with Gasteiger partial charge in [0.25, 0.3) is 0 Å². The molecule has 1 amide bonds. The molecule has 2 heterocycles. The van der Waals surface area contributed by atoms with Gasteiger partial charge in [-0.3, -0.25) is 9.78 Å². The number of aromatic nitrogens is 1. The molecule has 1 aliphatic heterocycles. The van der Waals surface area contributed by atoms with Crippen molar-refractivity contribution in [3.63, 3.8) is 0 Å². The fourth-order valence-electron chi connectivity index (χ4n) is 2.95. The quantitative estimate of drug-likeness (QED) is 0.907. The summed E-state index contributed by atoms with van der Waals surface area (Å²) in [5.74, 6) is 0.742. The van der Waals surface area contributed by atoms with Gasteiger partial charge in [0.1, 0.15) is 0 Å². The van der Waals surface area contributed by atoms with E-state index in [0.29, 0.717) is 12.3 Å². The Hall–Kier alpha value is -1.94. The lowest BCUT2D eigenvalue weighted by Gasteiger charge is -2.22. The van der Waals surface area contributed by atoms with Gasteiger partial charge in [0.15, 0.2) is 0 Å². The number of rotatable bonds is 4. The molecule has 4 nitrogen and oxygen atoms in total. The predicted molar refractivity (Wildman–Crippen MR) is 85.2 cm³/mol. The van der Waals surface area contributed by atoms with E-state index in [9.17, 15) is 4.79 Å². The van der Waals surface area contributed by atoms with Crippen LogP contribution in [0.1, 0.15) is 25.7 Å². The number of carbonyl (C=O) groups is 1. The third kappa shape index (κ3) is 3.58. The van der Waals surface area contributed by atoms with E-state index in [1.54, 1.807) is 6.20 Å². The summed E-state index contributed by atoms with van der Waals surface area (Å²) in [6.07, 6.45) is 7.59. The number of amides is 1. The minimum absolute atomic E-state index is 0.102. The summed E-state index contributed by atoms with van der Waals surface area (Å²) in [7, 11) is 0. The van der Waals surface area contributed by atoms with Crippen molar-refractivity contribution in [3.8, 4) is 0 Å². The zero-order valence-corrected chi connectivity index (χ0v) is 12.1. The van der Waals surface area contributed by atoms with Gasteiger partial charge in [0, 0.05) is 35.3 Å². The smallest absolute Gasteiger partial charge is 0.224 e. The van der Waals surface area contributed by atoms with E-state index in [0.717, 1.165) is 36.0 Å². The lowest BCUT2D eigenvalue weighted by atomic mass is 9.94. The van der Waals surface area contributed by atoms with Crippen molar-refractivity contribution in [1.82, 2.24) is 10.3 Å². The van der Waals surface area contributed by atoms with Crippen molar-refractivity contribution in [3.05, 3.63) is 36.7 Å². The number of benzene rings is 1. The zero-order chi connectivity index (χ0) is 14.5. The maximum absolute atomic E-state index is 12.2. The predicted octanol–water partition coefficient (Wildman–Crippen LogP) is 2.95. The Kier molecular flexibility index (Phi) is 4.46. The van der Waals surface area contributed by atoms with E-state index in [-0.39, 0.29) is 5.91 Å². The Labute approximate surface area is 125 Å². The van der Waals surface area contributed by atoms with Crippen LogP contribution in [0.15, 0.2) is 36.7 Å². The molecule has 1 aromatic heterocycles. The Bertz CT molecular complexity index is 615. The van der Waals surface area contributed by atoms with Crippen LogP contribution in [0.4, 0.5) is 5.69 Å². The summed E-state index contributed by atoms with van der Waals surface area (Å²) >= 11 is 0. The summed E-state index contributed by atoms with van der Waals surface area (Å²) in [6.45, 7) is 2.17. The Morgan fingerprint density at radius 3 is 3.19 bits per heavy atom. The molecular formula is C17H21N3O. The molecule has 21 heavy (non-hydrogen) atoms. The highest BCUT2D eigenvalue weighted by Gasteiger charge is 2.14. The fourth-order valence-corrected chi connectivity index (χ4v) is 2.95. The Morgan fingerprint density at radius 2 is 2.33 bits per heavy atom. The van der Waals surface area contributed by atoms with Crippen molar-refractivity contribution >= 4 is 22.4 Å². The number of hydrogen-bond donors (Lipinski definition) is 2. The normalized spacial score (nSPS) is 18.6. The van der Waals surface area contributed by atoms with Crippen molar-refractivity contribution in [2.24, 2.45) is 5.92 Å². The van der Waals surface area contributed by atoms with Crippen LogP contribution in [0.3, 0.4) is 0 Å². The van der Waals surface area contributed by atoms with Gasteiger partial charge in [0.05, 0.1) is 0 Å². The van der Waals surface area contributed by atoms with Crippen molar-refractivity contribution in [1.29, 1.82) is 0 Å². The van der Waals surface area contributed by atoms with Crippen LogP contribution >= 0.6 is 0 Å². The molecule has 1 aromatic carbocycles. The highest BCUT2D eigenvalue weighted by molar-refractivity contribution is 6.01. The summed E-state index contributed by atoms with van der Waals surface area (Å²) < 4.78 is 0. The molecule has 0 bridgehead atoms. The van der Waals surface area contributed by atoms with Gasteiger partial charge in [-0.25, -0.2) is 0 Å². The molecule has 2 aromatic rings. The second kappa shape index (κ2) is 6.68. The minimum Gasteiger partial charge on any atom is -0.326 e.